The summed E-state index contributed by atoms with van der Waals surface area (Å²) in [4.78, 5) is 14.3. The van der Waals surface area contributed by atoms with Gasteiger partial charge in [-0.2, -0.15) is 0 Å². The summed E-state index contributed by atoms with van der Waals surface area (Å²) >= 11 is 0. The van der Waals surface area contributed by atoms with Crippen molar-refractivity contribution in [3.63, 3.8) is 0 Å². The van der Waals surface area contributed by atoms with Crippen LogP contribution in [0, 0.1) is 6.92 Å². The van der Waals surface area contributed by atoms with E-state index in [9.17, 15) is 9.90 Å². The van der Waals surface area contributed by atoms with E-state index in [0.29, 0.717) is 0 Å². The second-order valence-electron chi connectivity index (χ2n) is 4.28. The van der Waals surface area contributed by atoms with E-state index in [1.807, 2.05) is 24.6 Å². The van der Waals surface area contributed by atoms with Crippen LogP contribution in [0.1, 0.15) is 5.69 Å². The molecule has 0 amide bonds. The van der Waals surface area contributed by atoms with E-state index in [4.69, 9.17) is 0 Å². The summed E-state index contributed by atoms with van der Waals surface area (Å²) in [6, 6.07) is 6.78. The lowest BCUT2D eigenvalue weighted by Crippen LogP contribution is -2.06. The fourth-order valence-corrected chi connectivity index (χ4v) is 2.46. The molecule has 4 heteroatoms. The second-order valence-corrected chi connectivity index (χ2v) is 4.28. The molecule has 0 spiro atoms. The molecular weight excluding hydrogens is 216 g/mol. The van der Waals surface area contributed by atoms with Crippen LogP contribution in [0.2, 0.25) is 0 Å². The number of aryl methyl sites for hydroxylation is 2. The number of nitrogens with one attached hydrogen (secondary N) is 1. The first-order chi connectivity index (χ1) is 8.08. The van der Waals surface area contributed by atoms with Crippen LogP contribution in [0.25, 0.3) is 21.8 Å². The Bertz CT molecular complexity index is 796. The molecule has 2 heterocycles. The number of fused-ring (bicyclic) bond motifs is 3. The van der Waals surface area contributed by atoms with Crippen LogP contribution in [0.3, 0.4) is 0 Å². The number of benzene rings is 1. The lowest BCUT2D eigenvalue weighted by molar-refractivity contribution is 0.476. The summed E-state index contributed by atoms with van der Waals surface area (Å²) in [6.45, 7) is 1.88. The van der Waals surface area contributed by atoms with Crippen molar-refractivity contribution in [3.8, 4) is 5.75 Å². The Labute approximate surface area is 97.1 Å². The van der Waals surface area contributed by atoms with Gasteiger partial charge in [-0.3, -0.25) is 4.79 Å². The standard InChI is InChI=1S/C13H12N2O2/c1-7-13-10(6-12(17)14-7)9-4-3-8(16)5-11(9)15(13)2/h3-6,16H,1-2H3,(H,14,17). The Morgan fingerprint density at radius 1 is 1.24 bits per heavy atom. The summed E-state index contributed by atoms with van der Waals surface area (Å²) in [5, 5.41) is 11.4. The van der Waals surface area contributed by atoms with E-state index in [0.717, 1.165) is 27.5 Å². The summed E-state index contributed by atoms with van der Waals surface area (Å²) in [5.41, 5.74) is 2.65. The third-order valence-electron chi connectivity index (χ3n) is 3.16. The zero-order valence-electron chi connectivity index (χ0n) is 9.61. The molecule has 0 fully saturated rings. The number of hydrogen-bond acceptors (Lipinski definition) is 2. The van der Waals surface area contributed by atoms with Crippen molar-refractivity contribution in [2.75, 3.05) is 0 Å². The van der Waals surface area contributed by atoms with Crippen LogP contribution in [0.5, 0.6) is 5.75 Å². The number of phenolic OH excluding ortho intramolecular Hbond substituents is 1. The highest BCUT2D eigenvalue weighted by Crippen LogP contribution is 2.30. The topological polar surface area (TPSA) is 58.0 Å². The van der Waals surface area contributed by atoms with Gasteiger partial charge in [0.25, 0.3) is 0 Å². The molecule has 0 unspecified atom stereocenters. The van der Waals surface area contributed by atoms with Gasteiger partial charge in [0.2, 0.25) is 5.56 Å². The molecule has 4 nitrogen and oxygen atoms in total. The molecule has 0 saturated heterocycles. The van der Waals surface area contributed by atoms with Crippen molar-refractivity contribution in [1.29, 1.82) is 0 Å². The predicted octanol–water partition coefficient (Wildman–Crippen LogP) is 2.03. The number of rotatable bonds is 0. The minimum atomic E-state index is -0.101. The SMILES string of the molecule is Cc1[nH]c(=O)cc2c3ccc(O)cc3n(C)c12. The minimum Gasteiger partial charge on any atom is -0.508 e. The Kier molecular flexibility index (Phi) is 1.84. The maximum atomic E-state index is 11.5. The molecule has 0 atom stereocenters. The van der Waals surface area contributed by atoms with E-state index < -0.39 is 0 Å². The second kappa shape index (κ2) is 3.13. The molecule has 0 aliphatic heterocycles. The molecule has 86 valence electrons. The fraction of sp³-hybridized carbons (Fsp3) is 0.154. The zero-order chi connectivity index (χ0) is 12.2. The van der Waals surface area contributed by atoms with Crippen LogP contribution in [0.4, 0.5) is 0 Å². The van der Waals surface area contributed by atoms with Crippen molar-refractivity contribution < 1.29 is 5.11 Å². The lowest BCUT2D eigenvalue weighted by Gasteiger charge is -2.00. The van der Waals surface area contributed by atoms with Gasteiger partial charge in [-0.15, -0.1) is 0 Å². The average molecular weight is 228 g/mol. The molecule has 0 saturated carbocycles. The van der Waals surface area contributed by atoms with E-state index >= 15 is 0 Å². The van der Waals surface area contributed by atoms with E-state index in [-0.39, 0.29) is 11.3 Å². The van der Waals surface area contributed by atoms with Gasteiger partial charge in [0, 0.05) is 35.6 Å². The van der Waals surface area contributed by atoms with E-state index in [2.05, 4.69) is 4.98 Å². The Balaban J connectivity index is 2.68. The summed E-state index contributed by atoms with van der Waals surface area (Å²) in [5.74, 6) is 0.229. The third kappa shape index (κ3) is 1.27. The summed E-state index contributed by atoms with van der Waals surface area (Å²) in [6.07, 6.45) is 0. The maximum Gasteiger partial charge on any atom is 0.248 e. The summed E-state index contributed by atoms with van der Waals surface area (Å²) in [7, 11) is 1.93. The van der Waals surface area contributed by atoms with Crippen molar-refractivity contribution in [2.24, 2.45) is 7.05 Å². The first-order valence-corrected chi connectivity index (χ1v) is 5.39. The summed E-state index contributed by atoms with van der Waals surface area (Å²) < 4.78 is 1.98. The molecule has 2 N–H and O–H groups in total. The number of nitrogens with zero attached hydrogens (tertiary/aromatic N) is 1. The highest BCUT2D eigenvalue weighted by Gasteiger charge is 2.11. The van der Waals surface area contributed by atoms with Crippen LogP contribution < -0.4 is 5.56 Å². The molecule has 0 aliphatic rings. The number of aromatic hydroxyl groups is 1. The first-order valence-electron chi connectivity index (χ1n) is 5.39. The smallest absolute Gasteiger partial charge is 0.248 e. The van der Waals surface area contributed by atoms with Crippen molar-refractivity contribution in [3.05, 3.63) is 40.3 Å². The van der Waals surface area contributed by atoms with Crippen molar-refractivity contribution in [1.82, 2.24) is 9.55 Å². The number of aromatic amines is 1. The number of aromatic nitrogens is 2. The quantitative estimate of drug-likeness (QED) is 0.618. The van der Waals surface area contributed by atoms with Crippen LogP contribution in [-0.2, 0) is 7.05 Å². The molecule has 3 aromatic rings. The molecule has 0 aliphatic carbocycles. The zero-order valence-corrected chi connectivity index (χ0v) is 9.61. The molecule has 3 rings (SSSR count). The van der Waals surface area contributed by atoms with Crippen LogP contribution in [-0.4, -0.2) is 14.7 Å². The number of pyridine rings is 1. The highest BCUT2D eigenvalue weighted by atomic mass is 16.3. The molecule has 17 heavy (non-hydrogen) atoms. The van der Waals surface area contributed by atoms with Crippen LogP contribution >= 0.6 is 0 Å². The van der Waals surface area contributed by atoms with Gasteiger partial charge in [-0.25, -0.2) is 0 Å². The molecule has 2 aromatic heterocycles. The molecule has 0 bridgehead atoms. The number of phenols is 1. The maximum absolute atomic E-state index is 11.5. The Morgan fingerprint density at radius 3 is 2.76 bits per heavy atom. The monoisotopic (exact) mass is 228 g/mol. The largest absolute Gasteiger partial charge is 0.508 e. The van der Waals surface area contributed by atoms with Gasteiger partial charge < -0.3 is 14.7 Å². The van der Waals surface area contributed by atoms with E-state index in [1.54, 1.807) is 18.2 Å². The van der Waals surface area contributed by atoms with Crippen molar-refractivity contribution in [2.45, 2.75) is 6.92 Å². The van der Waals surface area contributed by atoms with Crippen molar-refractivity contribution >= 4 is 21.8 Å². The number of H-pyrrole nitrogens is 1. The highest BCUT2D eigenvalue weighted by molar-refractivity contribution is 6.08. The Morgan fingerprint density at radius 2 is 2.00 bits per heavy atom. The number of hydrogen-bond donors (Lipinski definition) is 2. The normalized spacial score (nSPS) is 11.4. The van der Waals surface area contributed by atoms with Gasteiger partial charge in [-0.1, -0.05) is 0 Å². The van der Waals surface area contributed by atoms with Gasteiger partial charge in [0.05, 0.1) is 11.0 Å². The molecule has 1 aromatic carbocycles. The first kappa shape index (κ1) is 9.96. The average Bonchev–Trinajstić information content (AvgIpc) is 2.52. The van der Waals surface area contributed by atoms with Gasteiger partial charge in [0.1, 0.15) is 5.75 Å². The van der Waals surface area contributed by atoms with Crippen LogP contribution in [0.15, 0.2) is 29.1 Å². The van der Waals surface area contributed by atoms with Gasteiger partial charge >= 0.3 is 0 Å². The fourth-order valence-electron chi connectivity index (χ4n) is 2.46. The molecular formula is C13H12N2O2. The van der Waals surface area contributed by atoms with Gasteiger partial charge in [0.15, 0.2) is 0 Å². The third-order valence-corrected chi connectivity index (χ3v) is 3.16. The van der Waals surface area contributed by atoms with Gasteiger partial charge in [-0.05, 0) is 19.1 Å². The molecule has 0 radical (unpaired) electrons. The Hall–Kier alpha value is -2.23. The predicted molar refractivity (Wildman–Crippen MR) is 67.4 cm³/mol. The lowest BCUT2D eigenvalue weighted by atomic mass is 10.1. The van der Waals surface area contributed by atoms with E-state index in [1.165, 1.54) is 0 Å². The minimum absolute atomic E-state index is 0.101.